The molecule has 1 fully saturated rings. The van der Waals surface area contributed by atoms with Crippen molar-refractivity contribution in [2.24, 2.45) is 0 Å². The summed E-state index contributed by atoms with van der Waals surface area (Å²) in [5, 5.41) is 11.5. The van der Waals surface area contributed by atoms with Gasteiger partial charge in [0.15, 0.2) is 0 Å². The van der Waals surface area contributed by atoms with Crippen molar-refractivity contribution in [3.8, 4) is 0 Å². The number of Topliss-reactive ketones (excluding diaryl/α,β-unsaturated/α-hetero) is 1. The van der Waals surface area contributed by atoms with E-state index < -0.39 is 27.8 Å². The van der Waals surface area contributed by atoms with Crippen LogP contribution in [0, 0.1) is 0 Å². The number of amides is 1. The summed E-state index contributed by atoms with van der Waals surface area (Å²) in [5.41, 5.74) is 0.713. The van der Waals surface area contributed by atoms with Gasteiger partial charge in [-0.05, 0) is 48.4 Å². The van der Waals surface area contributed by atoms with Gasteiger partial charge in [-0.15, -0.1) is 0 Å². The Hall–Kier alpha value is -2.72. The van der Waals surface area contributed by atoms with E-state index in [1.54, 1.807) is 31.4 Å². The summed E-state index contributed by atoms with van der Waals surface area (Å²) < 4.78 is 30.8. The molecule has 0 aromatic heterocycles. The number of aliphatic hydroxyl groups excluding tert-OH is 1. The van der Waals surface area contributed by atoms with Crippen LogP contribution in [0.25, 0.3) is 5.76 Å². The number of carbonyl (C=O) groups is 2. The van der Waals surface area contributed by atoms with Crippen molar-refractivity contribution in [3.05, 3.63) is 70.3 Å². The monoisotopic (exact) mass is 492 g/mol. The van der Waals surface area contributed by atoms with Crippen molar-refractivity contribution in [3.63, 3.8) is 0 Å². The highest BCUT2D eigenvalue weighted by Crippen LogP contribution is 2.40. The molecule has 1 aliphatic heterocycles. The molecular weight excluding hydrogens is 468 g/mol. The Morgan fingerprint density at radius 1 is 1.15 bits per heavy atom. The van der Waals surface area contributed by atoms with Crippen LogP contribution < -0.4 is 0 Å². The second-order valence-electron chi connectivity index (χ2n) is 7.71. The van der Waals surface area contributed by atoms with Gasteiger partial charge in [0.05, 0.1) is 16.5 Å². The number of rotatable bonds is 8. The van der Waals surface area contributed by atoms with Crippen LogP contribution in [-0.4, -0.2) is 68.8 Å². The molecular formula is C23H25ClN2O6S. The SMILES string of the molecule is COCCCN1C(=O)C(=O)/C(=C(/O)c2ccc(S(=O)(=O)N(C)C)cc2)C1c1cccc(Cl)c1. The molecule has 1 amide bonds. The molecule has 3 rings (SSSR count). The number of nitrogens with zero attached hydrogens (tertiary/aromatic N) is 2. The van der Waals surface area contributed by atoms with E-state index in [4.69, 9.17) is 16.3 Å². The highest BCUT2D eigenvalue weighted by atomic mass is 35.5. The number of benzene rings is 2. The highest BCUT2D eigenvalue weighted by Gasteiger charge is 2.45. The fraction of sp³-hybridized carbons (Fsp3) is 0.304. The summed E-state index contributed by atoms with van der Waals surface area (Å²) >= 11 is 6.15. The first-order valence-electron chi connectivity index (χ1n) is 10.2. The van der Waals surface area contributed by atoms with Crippen LogP contribution >= 0.6 is 11.6 Å². The summed E-state index contributed by atoms with van der Waals surface area (Å²) in [7, 11) is 0.718. The van der Waals surface area contributed by atoms with Gasteiger partial charge in [0, 0.05) is 44.9 Å². The standard InChI is InChI=1S/C23H25ClN2O6S/c1-25(2)33(30,31)18-10-8-15(9-11-18)21(27)19-20(16-6-4-7-17(24)14-16)26(12-5-13-32-3)23(29)22(19)28/h4,6-11,14,20,27H,5,12-13H2,1-3H3/b21-19+. The van der Waals surface area contributed by atoms with Crippen molar-refractivity contribution in [1.82, 2.24) is 9.21 Å². The number of carbonyl (C=O) groups excluding carboxylic acids is 2. The van der Waals surface area contributed by atoms with Crippen LogP contribution in [0.3, 0.4) is 0 Å². The average Bonchev–Trinajstić information content (AvgIpc) is 3.03. The Balaban J connectivity index is 2.10. The summed E-state index contributed by atoms with van der Waals surface area (Å²) in [4.78, 5) is 27.2. The Labute approximate surface area is 198 Å². The molecule has 1 aliphatic rings. The zero-order valence-corrected chi connectivity index (χ0v) is 20.1. The molecule has 0 aliphatic carbocycles. The van der Waals surface area contributed by atoms with Crippen LogP contribution in [-0.2, 0) is 24.3 Å². The molecule has 10 heteroatoms. The fourth-order valence-corrected chi connectivity index (χ4v) is 4.76. The van der Waals surface area contributed by atoms with Gasteiger partial charge in [-0.3, -0.25) is 9.59 Å². The zero-order valence-electron chi connectivity index (χ0n) is 18.5. The van der Waals surface area contributed by atoms with Gasteiger partial charge in [-0.25, -0.2) is 12.7 Å². The number of hydrogen-bond acceptors (Lipinski definition) is 6. The topological polar surface area (TPSA) is 104 Å². The first kappa shape index (κ1) is 24.9. The quantitative estimate of drug-likeness (QED) is 0.263. The lowest BCUT2D eigenvalue weighted by molar-refractivity contribution is -0.140. The molecule has 1 heterocycles. The van der Waals surface area contributed by atoms with Gasteiger partial charge in [0.2, 0.25) is 10.0 Å². The molecule has 1 N–H and O–H groups in total. The maximum Gasteiger partial charge on any atom is 0.295 e. The van der Waals surface area contributed by atoms with Gasteiger partial charge in [0.1, 0.15) is 5.76 Å². The molecule has 1 saturated heterocycles. The van der Waals surface area contributed by atoms with Crippen LogP contribution in [0.1, 0.15) is 23.6 Å². The summed E-state index contributed by atoms with van der Waals surface area (Å²) in [6.07, 6.45) is 0.498. The molecule has 176 valence electrons. The molecule has 2 aromatic carbocycles. The van der Waals surface area contributed by atoms with E-state index in [1.165, 1.54) is 43.3 Å². The van der Waals surface area contributed by atoms with Gasteiger partial charge in [-0.1, -0.05) is 23.7 Å². The fourth-order valence-electron chi connectivity index (χ4n) is 3.66. The highest BCUT2D eigenvalue weighted by molar-refractivity contribution is 7.89. The second kappa shape index (κ2) is 10.0. The first-order chi connectivity index (χ1) is 15.6. The van der Waals surface area contributed by atoms with Gasteiger partial charge in [-0.2, -0.15) is 0 Å². The van der Waals surface area contributed by atoms with E-state index in [0.29, 0.717) is 23.6 Å². The summed E-state index contributed by atoms with van der Waals surface area (Å²) in [6.45, 7) is 0.638. The van der Waals surface area contributed by atoms with Gasteiger partial charge in [0.25, 0.3) is 11.7 Å². The molecule has 2 aromatic rings. The van der Waals surface area contributed by atoms with Gasteiger partial charge >= 0.3 is 0 Å². The number of likely N-dealkylation sites (tertiary alicyclic amines) is 1. The molecule has 0 radical (unpaired) electrons. The lowest BCUT2D eigenvalue weighted by Crippen LogP contribution is -2.31. The van der Waals surface area contributed by atoms with Crippen LogP contribution in [0.5, 0.6) is 0 Å². The molecule has 1 unspecified atom stereocenters. The molecule has 8 nitrogen and oxygen atoms in total. The third-order valence-electron chi connectivity index (χ3n) is 5.36. The molecule has 33 heavy (non-hydrogen) atoms. The Bertz CT molecular complexity index is 1190. The minimum absolute atomic E-state index is 0.0375. The van der Waals surface area contributed by atoms with Crippen molar-refractivity contribution in [1.29, 1.82) is 0 Å². The normalized spacial score (nSPS) is 18.3. The lowest BCUT2D eigenvalue weighted by Gasteiger charge is -2.25. The van der Waals surface area contributed by atoms with E-state index in [9.17, 15) is 23.1 Å². The Morgan fingerprint density at radius 3 is 2.39 bits per heavy atom. The number of ether oxygens (including phenoxy) is 1. The molecule has 0 saturated carbocycles. The van der Waals surface area contributed by atoms with Crippen molar-refractivity contribution < 1.29 is 27.9 Å². The molecule has 0 bridgehead atoms. The lowest BCUT2D eigenvalue weighted by atomic mass is 9.95. The summed E-state index contributed by atoms with van der Waals surface area (Å²) in [6, 6.07) is 11.4. The Morgan fingerprint density at radius 2 is 1.82 bits per heavy atom. The predicted octanol–water partition coefficient (Wildman–Crippen LogP) is 3.05. The zero-order chi connectivity index (χ0) is 24.3. The van der Waals surface area contributed by atoms with E-state index >= 15 is 0 Å². The number of aliphatic hydroxyl groups is 1. The van der Waals surface area contributed by atoms with E-state index in [1.807, 2.05) is 0 Å². The first-order valence-corrected chi connectivity index (χ1v) is 12.0. The minimum atomic E-state index is -3.66. The number of methoxy groups -OCH3 is 1. The molecule has 0 spiro atoms. The number of halogens is 1. The van der Waals surface area contributed by atoms with Crippen molar-refractivity contribution in [2.75, 3.05) is 34.4 Å². The molecule has 1 atom stereocenters. The van der Waals surface area contributed by atoms with E-state index in [0.717, 1.165) is 4.31 Å². The van der Waals surface area contributed by atoms with Crippen LogP contribution in [0.15, 0.2) is 59.0 Å². The number of hydrogen-bond donors (Lipinski definition) is 1. The maximum absolute atomic E-state index is 13.0. The smallest absolute Gasteiger partial charge is 0.295 e. The minimum Gasteiger partial charge on any atom is -0.507 e. The Kier molecular flexibility index (Phi) is 7.58. The van der Waals surface area contributed by atoms with Crippen molar-refractivity contribution >= 4 is 39.1 Å². The summed E-state index contributed by atoms with van der Waals surface area (Å²) in [5.74, 6) is -1.94. The largest absolute Gasteiger partial charge is 0.507 e. The third-order valence-corrected chi connectivity index (χ3v) is 7.42. The number of ketones is 1. The van der Waals surface area contributed by atoms with Crippen LogP contribution in [0.4, 0.5) is 0 Å². The second-order valence-corrected chi connectivity index (χ2v) is 10.3. The van der Waals surface area contributed by atoms with Gasteiger partial charge < -0.3 is 14.7 Å². The number of sulfonamides is 1. The van der Waals surface area contributed by atoms with Crippen molar-refractivity contribution in [2.45, 2.75) is 17.4 Å². The maximum atomic E-state index is 13.0. The van der Waals surface area contributed by atoms with E-state index in [-0.39, 0.29) is 28.3 Å². The predicted molar refractivity (Wildman–Crippen MR) is 124 cm³/mol. The average molecular weight is 493 g/mol. The van der Waals surface area contributed by atoms with E-state index in [2.05, 4.69) is 0 Å². The van der Waals surface area contributed by atoms with Crippen LogP contribution in [0.2, 0.25) is 5.02 Å². The third kappa shape index (κ3) is 4.96.